The van der Waals surface area contributed by atoms with Crippen LogP contribution in [0.25, 0.3) is 0 Å². The largest absolute Gasteiger partial charge is 0.461 e. The molecule has 1 aliphatic rings. The lowest BCUT2D eigenvalue weighted by atomic mass is 10.1. The Hall–Kier alpha value is -3.23. The fourth-order valence-electron chi connectivity index (χ4n) is 4.40. The molecule has 0 radical (unpaired) electrons. The topological polar surface area (TPSA) is 117 Å². The van der Waals surface area contributed by atoms with E-state index in [0.717, 1.165) is 56.1 Å². The minimum Gasteiger partial charge on any atom is -0.461 e. The summed E-state index contributed by atoms with van der Waals surface area (Å²) in [6.45, 7) is 0.449. The van der Waals surface area contributed by atoms with E-state index < -0.39 is 6.04 Å². The number of nitrogens with one attached hydrogen (secondary N) is 3. The molecule has 1 saturated carbocycles. The summed E-state index contributed by atoms with van der Waals surface area (Å²) >= 11 is 0. The minimum absolute atomic E-state index is 0.00379. The first-order valence-corrected chi connectivity index (χ1v) is 12.9. The van der Waals surface area contributed by atoms with E-state index in [9.17, 15) is 14.4 Å². The lowest BCUT2D eigenvalue weighted by molar-refractivity contribution is -0.151. The fourth-order valence-corrected chi connectivity index (χ4v) is 4.40. The second-order valence-corrected chi connectivity index (χ2v) is 9.27. The standard InChI is InChI=1S/C28H37N3O5/c32-25(17-6-1-2-7-18-26(33)31-35)30-23-14-10-11-21(19-23)20-29-27(22-12-4-3-5-13-22)28(34)36-24-15-8-9-16-24/h3-5,10-14,19,24,27,29,35H,1-2,6-9,15-18,20H2,(H,30,32)(H,31,33)/t27-/m1/s1. The van der Waals surface area contributed by atoms with Crippen LogP contribution in [0.5, 0.6) is 0 Å². The van der Waals surface area contributed by atoms with Crippen molar-refractivity contribution in [2.24, 2.45) is 0 Å². The first-order valence-electron chi connectivity index (χ1n) is 12.9. The number of hydroxylamine groups is 1. The van der Waals surface area contributed by atoms with Gasteiger partial charge in [-0.3, -0.25) is 20.1 Å². The minimum atomic E-state index is -0.562. The van der Waals surface area contributed by atoms with Crippen LogP contribution in [0.4, 0.5) is 5.69 Å². The molecule has 0 aromatic heterocycles. The van der Waals surface area contributed by atoms with Crippen molar-refractivity contribution in [2.45, 2.75) is 82.9 Å². The van der Waals surface area contributed by atoms with Gasteiger partial charge in [-0.2, -0.15) is 0 Å². The number of ether oxygens (including phenoxy) is 1. The summed E-state index contributed by atoms with van der Waals surface area (Å²) < 4.78 is 5.78. The molecule has 3 rings (SSSR count). The van der Waals surface area contributed by atoms with Gasteiger partial charge >= 0.3 is 5.97 Å². The first kappa shape index (κ1) is 27.4. The summed E-state index contributed by atoms with van der Waals surface area (Å²) in [7, 11) is 0. The molecule has 0 spiro atoms. The summed E-state index contributed by atoms with van der Waals surface area (Å²) in [5, 5.41) is 14.8. The van der Waals surface area contributed by atoms with Crippen LogP contribution in [0.2, 0.25) is 0 Å². The predicted octanol–water partition coefficient (Wildman–Crippen LogP) is 4.79. The van der Waals surface area contributed by atoms with E-state index in [4.69, 9.17) is 9.94 Å². The van der Waals surface area contributed by atoms with Gasteiger partial charge in [-0.15, -0.1) is 0 Å². The maximum atomic E-state index is 13.0. The molecule has 2 aromatic carbocycles. The van der Waals surface area contributed by atoms with E-state index in [2.05, 4.69) is 10.6 Å². The average Bonchev–Trinajstić information content (AvgIpc) is 3.40. The van der Waals surface area contributed by atoms with Gasteiger partial charge in [0.25, 0.3) is 0 Å². The molecule has 36 heavy (non-hydrogen) atoms. The van der Waals surface area contributed by atoms with Crippen molar-refractivity contribution in [3.05, 3.63) is 65.7 Å². The van der Waals surface area contributed by atoms with E-state index >= 15 is 0 Å². The number of carbonyl (C=O) groups is 3. The van der Waals surface area contributed by atoms with Crippen molar-refractivity contribution in [2.75, 3.05) is 5.32 Å². The van der Waals surface area contributed by atoms with Crippen molar-refractivity contribution >= 4 is 23.5 Å². The number of anilines is 1. The van der Waals surface area contributed by atoms with E-state index in [1.165, 1.54) is 0 Å². The van der Waals surface area contributed by atoms with Crippen molar-refractivity contribution < 1.29 is 24.3 Å². The van der Waals surface area contributed by atoms with Crippen LogP contribution < -0.4 is 16.1 Å². The highest BCUT2D eigenvalue weighted by molar-refractivity contribution is 5.90. The molecule has 8 nitrogen and oxygen atoms in total. The van der Waals surface area contributed by atoms with Crippen molar-refractivity contribution in [3.8, 4) is 0 Å². The van der Waals surface area contributed by atoms with Gasteiger partial charge in [-0.1, -0.05) is 55.3 Å². The van der Waals surface area contributed by atoms with Crippen LogP contribution in [0.1, 0.15) is 81.4 Å². The molecule has 1 aliphatic carbocycles. The SMILES string of the molecule is O=C(CCCCCCC(=O)Nc1cccc(CN[C@@H](C(=O)OC2CCCC2)c2ccccc2)c1)NO. The number of benzene rings is 2. The number of rotatable bonds is 14. The number of hydrogen-bond acceptors (Lipinski definition) is 6. The Labute approximate surface area is 212 Å². The highest BCUT2D eigenvalue weighted by atomic mass is 16.5. The molecular weight excluding hydrogens is 458 g/mol. The zero-order chi connectivity index (χ0) is 25.6. The maximum Gasteiger partial charge on any atom is 0.328 e. The monoisotopic (exact) mass is 495 g/mol. The third kappa shape index (κ3) is 9.43. The molecule has 1 fully saturated rings. The van der Waals surface area contributed by atoms with Crippen molar-refractivity contribution in [1.82, 2.24) is 10.8 Å². The molecule has 194 valence electrons. The van der Waals surface area contributed by atoms with Crippen LogP contribution in [-0.4, -0.2) is 29.1 Å². The Kier molecular flexibility index (Phi) is 11.4. The number of esters is 1. The van der Waals surface area contributed by atoms with Gasteiger partial charge in [0.2, 0.25) is 11.8 Å². The average molecular weight is 496 g/mol. The normalized spacial score (nSPS) is 14.2. The quantitative estimate of drug-likeness (QED) is 0.130. The maximum absolute atomic E-state index is 13.0. The third-order valence-electron chi connectivity index (χ3n) is 6.36. The Morgan fingerprint density at radius 1 is 0.889 bits per heavy atom. The lowest BCUT2D eigenvalue weighted by Crippen LogP contribution is -2.32. The lowest BCUT2D eigenvalue weighted by Gasteiger charge is -2.21. The Morgan fingerprint density at radius 2 is 1.58 bits per heavy atom. The van der Waals surface area contributed by atoms with Gasteiger partial charge in [0, 0.05) is 25.1 Å². The second-order valence-electron chi connectivity index (χ2n) is 9.27. The van der Waals surface area contributed by atoms with Gasteiger partial charge in [-0.05, 0) is 61.8 Å². The van der Waals surface area contributed by atoms with E-state index in [0.29, 0.717) is 25.1 Å². The van der Waals surface area contributed by atoms with Gasteiger partial charge < -0.3 is 10.1 Å². The van der Waals surface area contributed by atoms with Crippen LogP contribution >= 0.6 is 0 Å². The van der Waals surface area contributed by atoms with Gasteiger partial charge in [0.1, 0.15) is 12.1 Å². The fraction of sp³-hybridized carbons (Fsp3) is 0.464. The molecular formula is C28H37N3O5. The van der Waals surface area contributed by atoms with Gasteiger partial charge in [-0.25, -0.2) is 10.3 Å². The second kappa shape index (κ2) is 15.0. The van der Waals surface area contributed by atoms with Gasteiger partial charge in [0.15, 0.2) is 0 Å². The molecule has 1 atom stereocenters. The summed E-state index contributed by atoms with van der Waals surface area (Å²) in [6.07, 6.45) is 7.82. The molecule has 2 amide bonds. The van der Waals surface area contributed by atoms with Crippen molar-refractivity contribution in [3.63, 3.8) is 0 Å². The first-order chi connectivity index (χ1) is 17.5. The zero-order valence-electron chi connectivity index (χ0n) is 20.7. The number of unbranched alkanes of at least 4 members (excludes halogenated alkanes) is 3. The van der Waals surface area contributed by atoms with E-state index in [1.54, 1.807) is 5.48 Å². The molecule has 0 aliphatic heterocycles. The summed E-state index contributed by atoms with van der Waals surface area (Å²) in [5.41, 5.74) is 4.14. The van der Waals surface area contributed by atoms with E-state index in [1.807, 2.05) is 54.6 Å². The Bertz CT molecular complexity index is 976. The molecule has 0 heterocycles. The summed E-state index contributed by atoms with van der Waals surface area (Å²) in [6, 6.07) is 16.6. The van der Waals surface area contributed by atoms with E-state index in [-0.39, 0.29) is 30.3 Å². The summed E-state index contributed by atoms with van der Waals surface area (Å²) in [5.74, 6) is -0.701. The highest BCUT2D eigenvalue weighted by Crippen LogP contribution is 2.24. The number of hydrogen-bond donors (Lipinski definition) is 4. The third-order valence-corrected chi connectivity index (χ3v) is 6.36. The van der Waals surface area contributed by atoms with Crippen LogP contribution in [0, 0.1) is 0 Å². The molecule has 4 N–H and O–H groups in total. The zero-order valence-corrected chi connectivity index (χ0v) is 20.7. The Balaban J connectivity index is 1.48. The molecule has 0 saturated heterocycles. The van der Waals surface area contributed by atoms with Gasteiger partial charge in [0.05, 0.1) is 0 Å². The molecule has 0 unspecified atom stereocenters. The summed E-state index contributed by atoms with van der Waals surface area (Å²) in [4.78, 5) is 36.3. The van der Waals surface area contributed by atoms with Crippen LogP contribution in [0.15, 0.2) is 54.6 Å². The smallest absolute Gasteiger partial charge is 0.328 e. The molecule has 8 heteroatoms. The number of carbonyl (C=O) groups excluding carboxylic acids is 3. The predicted molar refractivity (Wildman–Crippen MR) is 137 cm³/mol. The van der Waals surface area contributed by atoms with Crippen molar-refractivity contribution in [1.29, 1.82) is 0 Å². The van der Waals surface area contributed by atoms with Crippen LogP contribution in [0.3, 0.4) is 0 Å². The number of amides is 2. The Morgan fingerprint density at radius 3 is 2.28 bits per heavy atom. The highest BCUT2D eigenvalue weighted by Gasteiger charge is 2.26. The van der Waals surface area contributed by atoms with Crippen LogP contribution in [-0.2, 0) is 25.7 Å². The molecule has 2 aromatic rings. The molecule has 0 bridgehead atoms.